The Hall–Kier alpha value is -3.11. The van der Waals surface area contributed by atoms with Crippen LogP contribution in [-0.4, -0.2) is 45.7 Å². The lowest BCUT2D eigenvalue weighted by Crippen LogP contribution is -2.34. The lowest BCUT2D eigenvalue weighted by Gasteiger charge is -2.19. The molecule has 174 valence electrons. The van der Waals surface area contributed by atoms with E-state index in [-0.39, 0.29) is 23.8 Å². The highest BCUT2D eigenvalue weighted by Crippen LogP contribution is 2.42. The van der Waals surface area contributed by atoms with Gasteiger partial charge in [0.1, 0.15) is 5.60 Å². The van der Waals surface area contributed by atoms with Crippen molar-refractivity contribution >= 4 is 12.0 Å². The summed E-state index contributed by atoms with van der Waals surface area (Å²) in [5.74, 6) is -0.434. The molecule has 0 aliphatic heterocycles. The van der Waals surface area contributed by atoms with Crippen molar-refractivity contribution in [3.8, 4) is 5.69 Å². The molecule has 0 saturated heterocycles. The summed E-state index contributed by atoms with van der Waals surface area (Å²) < 4.78 is 45.7. The maximum Gasteiger partial charge on any atom is 0.416 e. The number of aromatic nitrogens is 3. The Balaban J connectivity index is 1.62. The number of carbonyl (C=O) groups is 2. The van der Waals surface area contributed by atoms with Crippen LogP contribution in [0.3, 0.4) is 0 Å². The average molecular weight is 453 g/mol. The normalized spacial score (nSPS) is 14.2. The van der Waals surface area contributed by atoms with E-state index in [1.165, 1.54) is 16.8 Å². The van der Waals surface area contributed by atoms with Gasteiger partial charge in [0.2, 0.25) is 0 Å². The summed E-state index contributed by atoms with van der Waals surface area (Å²) in [6.07, 6.45) is -2.93. The molecule has 2 amide bonds. The molecule has 1 fully saturated rings. The van der Waals surface area contributed by atoms with Gasteiger partial charge in [0.15, 0.2) is 5.69 Å². The van der Waals surface area contributed by atoms with Crippen LogP contribution < -0.4 is 10.6 Å². The van der Waals surface area contributed by atoms with E-state index in [0.717, 1.165) is 25.0 Å². The summed E-state index contributed by atoms with van der Waals surface area (Å²) in [5, 5.41) is 13.2. The summed E-state index contributed by atoms with van der Waals surface area (Å²) in [7, 11) is 0. The lowest BCUT2D eigenvalue weighted by atomic mass is 10.1. The zero-order valence-corrected chi connectivity index (χ0v) is 18.1. The molecule has 1 heterocycles. The van der Waals surface area contributed by atoms with Gasteiger partial charge < -0.3 is 15.4 Å². The highest BCUT2D eigenvalue weighted by atomic mass is 19.4. The first-order valence-electron chi connectivity index (χ1n) is 10.3. The topological polar surface area (TPSA) is 98.1 Å². The van der Waals surface area contributed by atoms with E-state index >= 15 is 0 Å². The standard InChI is InChI=1S/C21H26F3N5O3/c1-20(2,3)32-19(31)26-11-5-10-25-18(30)16-17(13-8-9-13)29(28-27-16)15-7-4-6-14(12-15)21(22,23)24/h4,6-7,12-13H,5,8-11H2,1-3H3,(H,25,30)(H,26,31). The highest BCUT2D eigenvalue weighted by Gasteiger charge is 2.35. The SMILES string of the molecule is CC(C)(C)OC(=O)NCCCNC(=O)c1nnn(-c2cccc(C(F)(F)F)c2)c1C1CC1. The Morgan fingerprint density at radius 1 is 1.16 bits per heavy atom. The van der Waals surface area contributed by atoms with Gasteiger partial charge in [0, 0.05) is 19.0 Å². The molecule has 32 heavy (non-hydrogen) atoms. The zero-order valence-electron chi connectivity index (χ0n) is 18.1. The van der Waals surface area contributed by atoms with Gasteiger partial charge in [-0.25, -0.2) is 9.48 Å². The first-order valence-corrected chi connectivity index (χ1v) is 10.3. The van der Waals surface area contributed by atoms with Crippen LogP contribution in [0.25, 0.3) is 5.69 Å². The van der Waals surface area contributed by atoms with E-state index in [9.17, 15) is 22.8 Å². The molecule has 2 N–H and O–H groups in total. The molecule has 1 aliphatic carbocycles. The average Bonchev–Trinajstić information content (AvgIpc) is 3.43. The largest absolute Gasteiger partial charge is 0.444 e. The molecule has 0 atom stereocenters. The van der Waals surface area contributed by atoms with Crippen LogP contribution in [0.15, 0.2) is 24.3 Å². The third kappa shape index (κ3) is 6.21. The number of rotatable bonds is 7. The van der Waals surface area contributed by atoms with Crippen LogP contribution in [0.1, 0.15) is 67.7 Å². The van der Waals surface area contributed by atoms with Crippen molar-refractivity contribution in [1.29, 1.82) is 0 Å². The van der Waals surface area contributed by atoms with Gasteiger partial charge >= 0.3 is 12.3 Å². The molecule has 1 aromatic carbocycles. The Morgan fingerprint density at radius 2 is 1.84 bits per heavy atom. The van der Waals surface area contributed by atoms with Crippen LogP contribution >= 0.6 is 0 Å². The van der Waals surface area contributed by atoms with E-state index in [1.807, 2.05) is 0 Å². The minimum atomic E-state index is -4.48. The quantitative estimate of drug-likeness (QED) is 0.622. The number of nitrogens with zero attached hydrogens (tertiary/aromatic N) is 3. The highest BCUT2D eigenvalue weighted by molar-refractivity contribution is 5.93. The minimum Gasteiger partial charge on any atom is -0.444 e. The number of alkyl carbamates (subject to hydrolysis) is 1. The molecular weight excluding hydrogens is 427 g/mol. The molecule has 0 bridgehead atoms. The molecule has 11 heteroatoms. The van der Waals surface area contributed by atoms with Crippen LogP contribution in [0, 0.1) is 0 Å². The summed E-state index contributed by atoms with van der Waals surface area (Å²) in [6, 6.07) is 4.77. The van der Waals surface area contributed by atoms with Crippen molar-refractivity contribution in [2.24, 2.45) is 0 Å². The number of nitrogens with one attached hydrogen (secondary N) is 2. The fourth-order valence-corrected chi connectivity index (χ4v) is 3.06. The van der Waals surface area contributed by atoms with Crippen molar-refractivity contribution in [3.05, 3.63) is 41.2 Å². The van der Waals surface area contributed by atoms with Gasteiger partial charge in [0.05, 0.1) is 16.9 Å². The van der Waals surface area contributed by atoms with E-state index in [2.05, 4.69) is 20.9 Å². The van der Waals surface area contributed by atoms with Gasteiger partial charge in [-0.1, -0.05) is 11.3 Å². The summed E-state index contributed by atoms with van der Waals surface area (Å²) in [6.45, 7) is 5.86. The number of hydrogen-bond acceptors (Lipinski definition) is 5. The van der Waals surface area contributed by atoms with Crippen molar-refractivity contribution in [3.63, 3.8) is 0 Å². The van der Waals surface area contributed by atoms with Crippen molar-refractivity contribution < 1.29 is 27.5 Å². The molecule has 1 aliphatic rings. The van der Waals surface area contributed by atoms with Crippen molar-refractivity contribution in [2.75, 3.05) is 13.1 Å². The van der Waals surface area contributed by atoms with Crippen LogP contribution in [0.4, 0.5) is 18.0 Å². The summed E-state index contributed by atoms with van der Waals surface area (Å²) in [4.78, 5) is 24.2. The second kappa shape index (κ2) is 9.17. The molecule has 8 nitrogen and oxygen atoms in total. The van der Waals surface area contributed by atoms with E-state index in [4.69, 9.17) is 4.74 Å². The third-order valence-corrected chi connectivity index (χ3v) is 4.61. The number of hydrogen-bond donors (Lipinski definition) is 2. The molecule has 1 aromatic heterocycles. The predicted molar refractivity (Wildman–Crippen MR) is 110 cm³/mol. The van der Waals surface area contributed by atoms with Gasteiger partial charge in [-0.2, -0.15) is 13.2 Å². The number of alkyl halides is 3. The summed E-state index contributed by atoms with van der Waals surface area (Å²) >= 11 is 0. The van der Waals surface area contributed by atoms with E-state index < -0.39 is 29.3 Å². The van der Waals surface area contributed by atoms with Gasteiger partial charge in [-0.05, 0) is 58.2 Å². The second-order valence-electron chi connectivity index (χ2n) is 8.60. The van der Waals surface area contributed by atoms with E-state index in [0.29, 0.717) is 18.7 Å². The minimum absolute atomic E-state index is 0.0223. The number of benzene rings is 1. The van der Waals surface area contributed by atoms with Gasteiger partial charge in [-0.3, -0.25) is 4.79 Å². The number of carbonyl (C=O) groups excluding carboxylic acids is 2. The Morgan fingerprint density at radius 3 is 2.47 bits per heavy atom. The fourth-order valence-electron chi connectivity index (χ4n) is 3.06. The molecule has 1 saturated carbocycles. The predicted octanol–water partition coefficient (Wildman–Crippen LogP) is 3.81. The molecule has 2 aromatic rings. The smallest absolute Gasteiger partial charge is 0.416 e. The Labute approximate surface area is 183 Å². The first-order chi connectivity index (χ1) is 15.0. The Bertz CT molecular complexity index is 978. The van der Waals surface area contributed by atoms with E-state index in [1.54, 1.807) is 20.8 Å². The first kappa shape index (κ1) is 23.6. The number of ether oxygens (including phenoxy) is 1. The van der Waals surface area contributed by atoms with Crippen LogP contribution in [0.2, 0.25) is 0 Å². The monoisotopic (exact) mass is 453 g/mol. The van der Waals surface area contributed by atoms with Crippen molar-refractivity contribution in [1.82, 2.24) is 25.6 Å². The Kier molecular flexibility index (Phi) is 6.75. The maximum absolute atomic E-state index is 13.1. The molecule has 0 radical (unpaired) electrons. The van der Waals surface area contributed by atoms with Crippen LogP contribution in [-0.2, 0) is 10.9 Å². The molecule has 0 spiro atoms. The zero-order chi connectivity index (χ0) is 23.5. The second-order valence-corrected chi connectivity index (χ2v) is 8.60. The third-order valence-electron chi connectivity index (χ3n) is 4.61. The molecule has 3 rings (SSSR count). The maximum atomic E-state index is 13.1. The van der Waals surface area contributed by atoms with Gasteiger partial charge in [-0.15, -0.1) is 5.10 Å². The molecule has 0 unspecified atom stereocenters. The van der Waals surface area contributed by atoms with Gasteiger partial charge in [0.25, 0.3) is 5.91 Å². The van der Waals surface area contributed by atoms with Crippen molar-refractivity contribution in [2.45, 2.75) is 57.7 Å². The number of halogens is 3. The van der Waals surface area contributed by atoms with Crippen LogP contribution in [0.5, 0.6) is 0 Å². The lowest BCUT2D eigenvalue weighted by molar-refractivity contribution is -0.137. The summed E-state index contributed by atoms with van der Waals surface area (Å²) in [5.41, 5.74) is -0.576. The fraction of sp³-hybridized carbons (Fsp3) is 0.524. The number of amides is 2. The molecular formula is C21H26F3N5O3.